The lowest BCUT2D eigenvalue weighted by molar-refractivity contribution is -0.363. The van der Waals surface area contributed by atoms with E-state index in [2.05, 4.69) is 0 Å². The summed E-state index contributed by atoms with van der Waals surface area (Å²) in [5, 5.41) is 211. The van der Waals surface area contributed by atoms with Crippen LogP contribution in [0.4, 0.5) is 0 Å². The van der Waals surface area contributed by atoms with Gasteiger partial charge in [-0.2, -0.15) is 0 Å². The number of aliphatic hydroxyl groups is 20. The van der Waals surface area contributed by atoms with E-state index in [0.717, 1.165) is 0 Å². The van der Waals surface area contributed by atoms with Crippen LogP contribution in [0.3, 0.4) is 0 Å². The van der Waals surface area contributed by atoms with Crippen LogP contribution in [0, 0.1) is 23.7 Å². The summed E-state index contributed by atoms with van der Waals surface area (Å²) in [6.07, 6.45) is -41.1. The Hall–Kier alpha value is -1.08. The molecule has 28 atom stereocenters. The largest absolute Gasteiger partial charge is 0.396 e. The predicted octanol–water partition coefficient (Wildman–Crippen LogP) is -11.2. The lowest BCUT2D eigenvalue weighted by Crippen LogP contribution is -2.66. The van der Waals surface area contributed by atoms with Gasteiger partial charge in [-0.25, -0.2) is 0 Å². The molecule has 5 fully saturated rings. The minimum atomic E-state index is -2.01. The van der Waals surface area contributed by atoms with E-state index in [1.54, 1.807) is 0 Å². The molecule has 394 valence electrons. The van der Waals surface area contributed by atoms with E-state index in [9.17, 15) is 102 Å². The van der Waals surface area contributed by atoms with Crippen LogP contribution >= 0.6 is 0 Å². The Labute approximate surface area is 384 Å². The zero-order valence-electron chi connectivity index (χ0n) is 36.5. The maximum atomic E-state index is 11.7. The van der Waals surface area contributed by atoms with Crippen molar-refractivity contribution in [2.45, 2.75) is 173 Å². The van der Waals surface area contributed by atoms with E-state index < -0.39 is 223 Å². The monoisotopic (exact) mass is 984 g/mol. The number of rotatable bonds is 21. The minimum Gasteiger partial charge on any atom is -0.396 e. The zero-order valence-corrected chi connectivity index (χ0v) is 36.5. The van der Waals surface area contributed by atoms with E-state index in [0.29, 0.717) is 0 Å². The number of aliphatic hydroxyl groups excluding tert-OH is 20. The smallest absolute Gasteiger partial charge is 0.187 e. The Morgan fingerprint density at radius 3 is 1.49 bits per heavy atom. The molecule has 2 saturated heterocycles. The predicted molar refractivity (Wildman–Crippen MR) is 214 cm³/mol. The van der Waals surface area contributed by atoms with Crippen LogP contribution in [-0.2, 0) is 33.2 Å². The van der Waals surface area contributed by atoms with Gasteiger partial charge >= 0.3 is 0 Å². The topological polar surface area (TPSA) is 469 Å². The van der Waals surface area contributed by atoms with Crippen LogP contribution in [0.15, 0.2) is 0 Å². The Kier molecular flexibility index (Phi) is 21.7. The molecule has 0 radical (unpaired) electrons. The maximum absolute atomic E-state index is 11.7. The van der Waals surface area contributed by atoms with Crippen LogP contribution < -0.4 is 0 Å². The van der Waals surface area contributed by atoms with Crippen LogP contribution in [0.1, 0.15) is 25.7 Å². The first-order valence-corrected chi connectivity index (χ1v) is 22.5. The first-order chi connectivity index (χ1) is 31.8. The van der Waals surface area contributed by atoms with Gasteiger partial charge in [-0.1, -0.05) is 0 Å². The number of ether oxygens (including phenoxy) is 7. The van der Waals surface area contributed by atoms with E-state index >= 15 is 0 Å². The molecular formula is C40H72O27. The van der Waals surface area contributed by atoms with E-state index in [1.807, 2.05) is 0 Å². The lowest BCUT2D eigenvalue weighted by atomic mass is 9.78. The van der Waals surface area contributed by atoms with Gasteiger partial charge in [-0.15, -0.1) is 0 Å². The molecule has 5 aliphatic rings. The molecular weight excluding hydrogens is 912 g/mol. The second kappa shape index (κ2) is 25.5. The summed E-state index contributed by atoms with van der Waals surface area (Å²) in [6, 6.07) is 0. The SMILES string of the molecule is OCC1C[C@@H](OC2[C@@H](O)C(CO)O[C@@H](O[C@@H]3C(CO)O[C@@H](O)[C@@H](O)C3O)[C@H]2O)[C@@H](O)C(O[C@@H]2CC(CO)[C@H](O)C(OCCC(CO)[C@H](O)[C@@H](CO)O[C@@H]3CC(CO)[C@H](O)[C@H](O)C3O)[C@@H]2O)[C@H]1O. The fourth-order valence-corrected chi connectivity index (χ4v) is 9.72. The average Bonchev–Trinajstić information content (AvgIpc) is 3.32. The van der Waals surface area contributed by atoms with Crippen LogP contribution in [0.25, 0.3) is 0 Å². The highest BCUT2D eigenvalue weighted by Gasteiger charge is 2.55. The third kappa shape index (κ3) is 12.6. The molecule has 27 nitrogen and oxygen atoms in total. The minimum absolute atomic E-state index is 0.151. The number of hydrogen-bond acceptors (Lipinski definition) is 27. The van der Waals surface area contributed by atoms with Gasteiger partial charge in [0.05, 0.1) is 62.5 Å². The van der Waals surface area contributed by atoms with E-state index in [1.165, 1.54) is 0 Å². The molecule has 0 aromatic heterocycles. The Bertz CT molecular complexity index is 1440. The molecule has 11 unspecified atom stereocenters. The second-order valence-corrected chi connectivity index (χ2v) is 18.2. The Morgan fingerprint density at radius 2 is 0.955 bits per heavy atom. The molecule has 2 aliphatic heterocycles. The van der Waals surface area contributed by atoms with Crippen molar-refractivity contribution in [2.24, 2.45) is 23.7 Å². The van der Waals surface area contributed by atoms with Crippen molar-refractivity contribution < 1.29 is 135 Å². The van der Waals surface area contributed by atoms with Crippen molar-refractivity contribution in [3.05, 3.63) is 0 Å². The van der Waals surface area contributed by atoms with Gasteiger partial charge in [0.25, 0.3) is 0 Å². The van der Waals surface area contributed by atoms with Crippen LogP contribution in [-0.4, -0.2) is 302 Å². The van der Waals surface area contributed by atoms with Gasteiger partial charge in [0.2, 0.25) is 0 Å². The second-order valence-electron chi connectivity index (χ2n) is 18.2. The molecule has 2 heterocycles. The summed E-state index contributed by atoms with van der Waals surface area (Å²) in [4.78, 5) is 0. The summed E-state index contributed by atoms with van der Waals surface area (Å²) in [5.74, 6) is -4.15. The quantitative estimate of drug-likeness (QED) is 0.0508. The molecule has 0 aromatic rings. The van der Waals surface area contributed by atoms with Gasteiger partial charge < -0.3 is 135 Å². The van der Waals surface area contributed by atoms with Crippen molar-refractivity contribution in [2.75, 3.05) is 52.9 Å². The molecule has 0 aromatic carbocycles. The molecule has 27 heteroatoms. The fourth-order valence-electron chi connectivity index (χ4n) is 9.72. The first-order valence-electron chi connectivity index (χ1n) is 22.5. The van der Waals surface area contributed by atoms with Crippen molar-refractivity contribution in [1.82, 2.24) is 0 Å². The third-order valence-corrected chi connectivity index (χ3v) is 14.0. The van der Waals surface area contributed by atoms with Gasteiger partial charge in [0.1, 0.15) is 91.6 Å². The molecule has 0 spiro atoms. The third-order valence-electron chi connectivity index (χ3n) is 14.0. The molecule has 0 amide bonds. The highest BCUT2D eigenvalue weighted by molar-refractivity contribution is 5.02. The molecule has 67 heavy (non-hydrogen) atoms. The van der Waals surface area contributed by atoms with E-state index in [-0.39, 0.29) is 25.7 Å². The average molecular weight is 985 g/mol. The standard InChI is InChI=1S/C40H72O27/c41-6-13(23(48)20(10-45)62-17-3-14(7-42)24(49)31(56)27(17)52)1-2-61-36-25(50)15(8-43)4-18(28(36)53)63-37-26(51)16(9-44)5-19(29(37)54)64-38-30(55)21(11-46)66-40(34(38)59)67-35-22(12-47)65-39(60)33(58)32(35)57/h13-60H,1-12H2/t13?,14?,15?,16?,17-,18-,19-,20-,21?,22?,23+,24+,25+,26+,27?,28-,29-,30+,31+,32?,33+,34+,35-,36?,37?,38?,39-,40+/m1/s1. The Balaban J connectivity index is 1.26. The summed E-state index contributed by atoms with van der Waals surface area (Å²) in [7, 11) is 0. The van der Waals surface area contributed by atoms with Gasteiger partial charge in [-0.3, -0.25) is 0 Å². The van der Waals surface area contributed by atoms with E-state index in [4.69, 9.17) is 33.2 Å². The normalized spacial score (nSPS) is 47.9. The summed E-state index contributed by atoms with van der Waals surface area (Å²) >= 11 is 0. The van der Waals surface area contributed by atoms with Crippen LogP contribution in [0.5, 0.6) is 0 Å². The van der Waals surface area contributed by atoms with Gasteiger partial charge in [0, 0.05) is 56.7 Å². The lowest BCUT2D eigenvalue weighted by Gasteiger charge is -2.49. The highest BCUT2D eigenvalue weighted by Crippen LogP contribution is 2.38. The highest BCUT2D eigenvalue weighted by atomic mass is 16.7. The summed E-state index contributed by atoms with van der Waals surface area (Å²) in [6.45, 7) is -5.63. The first kappa shape index (κ1) is 56.8. The molecule has 20 N–H and O–H groups in total. The zero-order chi connectivity index (χ0) is 49.6. The van der Waals surface area contributed by atoms with Crippen molar-refractivity contribution in [1.29, 1.82) is 0 Å². The van der Waals surface area contributed by atoms with Gasteiger partial charge in [-0.05, 0) is 25.7 Å². The maximum Gasteiger partial charge on any atom is 0.187 e. The molecule has 3 saturated carbocycles. The molecule has 5 rings (SSSR count). The number of hydrogen-bond donors (Lipinski definition) is 20. The van der Waals surface area contributed by atoms with Crippen molar-refractivity contribution in [3.63, 3.8) is 0 Å². The van der Waals surface area contributed by atoms with Crippen molar-refractivity contribution in [3.8, 4) is 0 Å². The van der Waals surface area contributed by atoms with Crippen LogP contribution in [0.2, 0.25) is 0 Å². The van der Waals surface area contributed by atoms with Gasteiger partial charge in [0.15, 0.2) is 12.6 Å². The fraction of sp³-hybridized carbons (Fsp3) is 1.00. The Morgan fingerprint density at radius 1 is 0.433 bits per heavy atom. The summed E-state index contributed by atoms with van der Waals surface area (Å²) < 4.78 is 39.9. The van der Waals surface area contributed by atoms with Crippen molar-refractivity contribution >= 4 is 0 Å². The summed E-state index contributed by atoms with van der Waals surface area (Å²) in [5.41, 5.74) is 0. The molecule has 3 aliphatic carbocycles. The molecule has 0 bridgehead atoms.